The van der Waals surface area contributed by atoms with Crippen LogP contribution >= 0.6 is 0 Å². The molecule has 1 unspecified atom stereocenters. The van der Waals surface area contributed by atoms with E-state index < -0.39 is 0 Å². The third-order valence-electron chi connectivity index (χ3n) is 5.32. The maximum absolute atomic E-state index is 13.7. The highest BCUT2D eigenvalue weighted by atomic mass is 19.1. The summed E-state index contributed by atoms with van der Waals surface area (Å²) >= 11 is 0. The fourth-order valence-electron chi connectivity index (χ4n) is 3.77. The first-order valence-corrected chi connectivity index (χ1v) is 9.33. The molecule has 2 heterocycles. The van der Waals surface area contributed by atoms with Crippen LogP contribution in [0.15, 0.2) is 89.5 Å². The molecule has 3 heteroatoms. The van der Waals surface area contributed by atoms with Crippen LogP contribution in [0.4, 0.5) is 4.39 Å². The van der Waals surface area contributed by atoms with E-state index in [1.54, 1.807) is 6.07 Å². The van der Waals surface area contributed by atoms with Crippen LogP contribution in [0.25, 0.3) is 33.2 Å². The number of pyridine rings is 1. The maximum atomic E-state index is 13.7. The third-order valence-corrected chi connectivity index (χ3v) is 5.32. The van der Waals surface area contributed by atoms with E-state index >= 15 is 0 Å². The Labute approximate surface area is 162 Å². The molecule has 5 rings (SSSR count). The molecule has 1 atom stereocenters. The van der Waals surface area contributed by atoms with E-state index in [0.717, 1.165) is 27.6 Å². The van der Waals surface area contributed by atoms with Gasteiger partial charge in [-0.1, -0.05) is 49.4 Å². The number of hydrogen-bond donors (Lipinski definition) is 0. The minimum absolute atomic E-state index is 0.256. The molecule has 0 radical (unpaired) electrons. The Morgan fingerprint density at radius 1 is 0.821 bits per heavy atom. The summed E-state index contributed by atoms with van der Waals surface area (Å²) in [6.45, 7) is 2.19. The molecular weight excluding hydrogens is 349 g/mol. The fraction of sp³-hybridized carbons (Fsp3) is 0.0800. The first-order chi connectivity index (χ1) is 13.7. The quantitative estimate of drug-likeness (QED) is 0.345. The van der Waals surface area contributed by atoms with Crippen molar-refractivity contribution >= 4 is 21.9 Å². The number of para-hydroxylation sites is 1. The smallest absolute Gasteiger partial charge is 0.144 e. The standard InChI is InChI=1S/C25H18FNO/c1-16(17-6-3-2-4-7-17)18-12-13-27-23(14-18)21-9-5-8-20-22-15-19(26)10-11-24(22)28-25(20)21/h2-16H,1H3. The van der Waals surface area contributed by atoms with Crippen LogP contribution in [0.2, 0.25) is 0 Å². The molecule has 0 amide bonds. The molecule has 0 spiro atoms. The van der Waals surface area contributed by atoms with E-state index in [0.29, 0.717) is 5.58 Å². The Bertz CT molecular complexity index is 1290. The van der Waals surface area contributed by atoms with E-state index in [-0.39, 0.29) is 11.7 Å². The summed E-state index contributed by atoms with van der Waals surface area (Å²) in [6.07, 6.45) is 1.84. The molecule has 2 aromatic heterocycles. The van der Waals surface area contributed by atoms with E-state index in [9.17, 15) is 4.39 Å². The van der Waals surface area contributed by atoms with Crippen molar-refractivity contribution in [3.8, 4) is 11.3 Å². The predicted molar refractivity (Wildman–Crippen MR) is 111 cm³/mol. The second kappa shape index (κ2) is 6.61. The number of rotatable bonds is 3. The van der Waals surface area contributed by atoms with Gasteiger partial charge in [-0.15, -0.1) is 0 Å². The lowest BCUT2D eigenvalue weighted by Gasteiger charge is -2.13. The minimum Gasteiger partial charge on any atom is -0.455 e. The number of fused-ring (bicyclic) bond motifs is 3. The Morgan fingerprint density at radius 3 is 2.54 bits per heavy atom. The number of halogens is 1. The third kappa shape index (κ3) is 2.76. The molecular formula is C25H18FNO. The van der Waals surface area contributed by atoms with Gasteiger partial charge in [0.1, 0.15) is 17.0 Å². The zero-order valence-corrected chi connectivity index (χ0v) is 15.4. The van der Waals surface area contributed by atoms with Gasteiger partial charge in [-0.2, -0.15) is 0 Å². The van der Waals surface area contributed by atoms with Gasteiger partial charge >= 0.3 is 0 Å². The van der Waals surface area contributed by atoms with Crippen LogP contribution in [0.1, 0.15) is 24.0 Å². The molecule has 2 nitrogen and oxygen atoms in total. The van der Waals surface area contributed by atoms with Gasteiger partial charge in [0.2, 0.25) is 0 Å². The van der Waals surface area contributed by atoms with Crippen molar-refractivity contribution < 1.29 is 8.81 Å². The van der Waals surface area contributed by atoms with Crippen LogP contribution in [0.5, 0.6) is 0 Å². The van der Waals surface area contributed by atoms with Crippen molar-refractivity contribution in [2.75, 3.05) is 0 Å². The van der Waals surface area contributed by atoms with Crippen molar-refractivity contribution in [1.29, 1.82) is 0 Å². The highest BCUT2D eigenvalue weighted by molar-refractivity contribution is 6.09. The van der Waals surface area contributed by atoms with Crippen LogP contribution in [0, 0.1) is 5.82 Å². The van der Waals surface area contributed by atoms with Gasteiger partial charge in [0, 0.05) is 28.5 Å². The molecule has 0 bridgehead atoms. The summed E-state index contributed by atoms with van der Waals surface area (Å²) in [5, 5.41) is 1.68. The SMILES string of the molecule is CC(c1ccccc1)c1ccnc(-c2cccc3c2oc2ccc(F)cc23)c1. The zero-order valence-electron chi connectivity index (χ0n) is 15.4. The van der Waals surface area contributed by atoms with Gasteiger partial charge in [-0.25, -0.2) is 4.39 Å². The van der Waals surface area contributed by atoms with E-state index in [1.807, 2.05) is 30.5 Å². The van der Waals surface area contributed by atoms with Crippen LogP contribution < -0.4 is 0 Å². The second-order valence-corrected chi connectivity index (χ2v) is 7.03. The number of hydrogen-bond acceptors (Lipinski definition) is 2. The summed E-state index contributed by atoms with van der Waals surface area (Å²) in [5.41, 5.74) is 5.63. The molecule has 5 aromatic rings. The highest BCUT2D eigenvalue weighted by Crippen LogP contribution is 2.36. The largest absolute Gasteiger partial charge is 0.455 e. The van der Waals surface area contributed by atoms with Crippen molar-refractivity contribution in [2.24, 2.45) is 0 Å². The summed E-state index contributed by atoms with van der Waals surface area (Å²) in [6, 6.07) is 25.1. The Morgan fingerprint density at radius 2 is 1.68 bits per heavy atom. The molecule has 0 saturated carbocycles. The average Bonchev–Trinajstić information content (AvgIpc) is 3.12. The average molecular weight is 367 g/mol. The number of nitrogens with zero attached hydrogens (tertiary/aromatic N) is 1. The van der Waals surface area contributed by atoms with Gasteiger partial charge < -0.3 is 4.42 Å². The monoisotopic (exact) mass is 367 g/mol. The van der Waals surface area contributed by atoms with Gasteiger partial charge in [-0.3, -0.25) is 4.98 Å². The minimum atomic E-state index is -0.266. The molecule has 0 aliphatic heterocycles. The zero-order chi connectivity index (χ0) is 19.1. The van der Waals surface area contributed by atoms with E-state index in [1.165, 1.54) is 23.3 Å². The molecule has 0 saturated heterocycles. The van der Waals surface area contributed by atoms with Gasteiger partial charge in [0.25, 0.3) is 0 Å². The molecule has 0 aliphatic rings. The maximum Gasteiger partial charge on any atom is 0.144 e. The van der Waals surface area contributed by atoms with Gasteiger partial charge in [-0.05, 0) is 47.5 Å². The Hall–Kier alpha value is -3.46. The van der Waals surface area contributed by atoms with Crippen LogP contribution in [-0.2, 0) is 0 Å². The van der Waals surface area contributed by atoms with E-state index in [4.69, 9.17) is 4.42 Å². The Kier molecular flexibility index (Phi) is 3.94. The lowest BCUT2D eigenvalue weighted by molar-refractivity contribution is 0.626. The van der Waals surface area contributed by atoms with Crippen molar-refractivity contribution in [3.05, 3.63) is 102 Å². The predicted octanol–water partition coefficient (Wildman–Crippen LogP) is 6.94. The Balaban J connectivity index is 1.66. The fourth-order valence-corrected chi connectivity index (χ4v) is 3.77. The summed E-state index contributed by atoms with van der Waals surface area (Å²) in [7, 11) is 0. The molecule has 0 fully saturated rings. The molecule has 0 N–H and O–H groups in total. The van der Waals surface area contributed by atoms with Gasteiger partial charge in [0.15, 0.2) is 0 Å². The highest BCUT2D eigenvalue weighted by Gasteiger charge is 2.15. The van der Waals surface area contributed by atoms with Crippen LogP contribution in [0.3, 0.4) is 0 Å². The molecule has 136 valence electrons. The lowest BCUT2D eigenvalue weighted by atomic mass is 9.92. The number of aromatic nitrogens is 1. The topological polar surface area (TPSA) is 26.0 Å². The normalized spacial score (nSPS) is 12.5. The summed E-state index contributed by atoms with van der Waals surface area (Å²) < 4.78 is 19.8. The summed E-state index contributed by atoms with van der Waals surface area (Å²) in [5.74, 6) is -0.00988. The lowest BCUT2D eigenvalue weighted by Crippen LogP contribution is -1.97. The summed E-state index contributed by atoms with van der Waals surface area (Å²) in [4.78, 5) is 4.59. The second-order valence-electron chi connectivity index (χ2n) is 7.03. The van der Waals surface area contributed by atoms with Gasteiger partial charge in [0.05, 0.1) is 5.69 Å². The molecule has 0 aliphatic carbocycles. The van der Waals surface area contributed by atoms with Crippen molar-refractivity contribution in [2.45, 2.75) is 12.8 Å². The van der Waals surface area contributed by atoms with Crippen molar-refractivity contribution in [3.63, 3.8) is 0 Å². The first-order valence-electron chi connectivity index (χ1n) is 9.33. The molecule has 28 heavy (non-hydrogen) atoms. The first kappa shape index (κ1) is 16.7. The number of furan rings is 1. The van der Waals surface area contributed by atoms with Crippen molar-refractivity contribution in [1.82, 2.24) is 4.98 Å². The molecule has 3 aromatic carbocycles. The van der Waals surface area contributed by atoms with Crippen LogP contribution in [-0.4, -0.2) is 4.98 Å². The van der Waals surface area contributed by atoms with E-state index in [2.05, 4.69) is 48.3 Å². The number of benzene rings is 3.